The van der Waals surface area contributed by atoms with Crippen molar-refractivity contribution in [2.75, 3.05) is 18.0 Å². The molecule has 1 N–H and O–H groups in total. The molecular formula is C16H18N4O2. The molecule has 0 saturated carbocycles. The second kappa shape index (κ2) is 6.01. The van der Waals surface area contributed by atoms with Crippen molar-refractivity contribution in [2.45, 2.75) is 19.9 Å². The monoisotopic (exact) mass is 298 g/mol. The van der Waals surface area contributed by atoms with Gasteiger partial charge in [-0.1, -0.05) is 17.7 Å². The maximum Gasteiger partial charge on any atom is 0.263 e. The van der Waals surface area contributed by atoms with Gasteiger partial charge < -0.3 is 15.0 Å². The second-order valence-electron chi connectivity index (χ2n) is 5.45. The summed E-state index contributed by atoms with van der Waals surface area (Å²) in [5.41, 5.74) is 1.16. The number of anilines is 1. The van der Waals surface area contributed by atoms with Crippen LogP contribution in [0.2, 0.25) is 0 Å². The fourth-order valence-electron chi connectivity index (χ4n) is 2.42. The number of nitrogens with one attached hydrogen (secondary N) is 1. The first-order valence-electron chi connectivity index (χ1n) is 7.21. The van der Waals surface area contributed by atoms with Crippen molar-refractivity contribution in [3.05, 3.63) is 42.2 Å². The topological polar surface area (TPSA) is 67.4 Å². The fraction of sp³-hybridized carbons (Fsp3) is 0.312. The van der Waals surface area contributed by atoms with Crippen LogP contribution in [-0.4, -0.2) is 35.0 Å². The van der Waals surface area contributed by atoms with E-state index in [9.17, 15) is 4.79 Å². The van der Waals surface area contributed by atoms with Gasteiger partial charge in [0.05, 0.1) is 6.54 Å². The number of aryl methyl sites for hydroxylation is 1. The summed E-state index contributed by atoms with van der Waals surface area (Å²) in [5, 5.41) is 2.88. The van der Waals surface area contributed by atoms with Gasteiger partial charge >= 0.3 is 0 Å². The van der Waals surface area contributed by atoms with Crippen LogP contribution >= 0.6 is 0 Å². The first-order chi connectivity index (χ1) is 10.6. The maximum atomic E-state index is 11.7. The number of rotatable bonds is 3. The second-order valence-corrected chi connectivity index (χ2v) is 5.45. The van der Waals surface area contributed by atoms with Crippen molar-refractivity contribution >= 4 is 11.7 Å². The standard InChI is InChI=1S/C16H18N4O2/c1-11-3-5-13(6-4-11)22-16-15(17-7-8-18-16)20-9-12(2)19-14(21)10-20/h3-8,12H,9-10H2,1-2H3,(H,19,21)/t12-/m1/s1. The van der Waals surface area contributed by atoms with E-state index in [0.29, 0.717) is 24.0 Å². The summed E-state index contributed by atoms with van der Waals surface area (Å²) in [4.78, 5) is 22.2. The van der Waals surface area contributed by atoms with Gasteiger partial charge in [0.15, 0.2) is 5.82 Å². The van der Waals surface area contributed by atoms with Gasteiger partial charge in [-0.15, -0.1) is 0 Å². The number of nitrogens with zero attached hydrogens (tertiary/aromatic N) is 3. The first-order valence-corrected chi connectivity index (χ1v) is 7.21. The SMILES string of the molecule is Cc1ccc(Oc2nccnc2N2CC(=O)N[C@H](C)C2)cc1. The average Bonchev–Trinajstić information content (AvgIpc) is 2.49. The zero-order valence-electron chi connectivity index (χ0n) is 12.6. The minimum absolute atomic E-state index is 0.0225. The Balaban J connectivity index is 1.86. The molecule has 6 heteroatoms. The number of carbonyl (C=O) groups is 1. The quantitative estimate of drug-likeness (QED) is 0.937. The summed E-state index contributed by atoms with van der Waals surface area (Å²) < 4.78 is 5.84. The smallest absolute Gasteiger partial charge is 0.263 e. The normalized spacial score (nSPS) is 18.0. The molecule has 1 fully saturated rings. The lowest BCUT2D eigenvalue weighted by molar-refractivity contribution is -0.121. The van der Waals surface area contributed by atoms with Crippen molar-refractivity contribution in [1.82, 2.24) is 15.3 Å². The molecule has 1 aromatic carbocycles. The molecule has 0 unspecified atom stereocenters. The van der Waals surface area contributed by atoms with E-state index >= 15 is 0 Å². The molecule has 1 atom stereocenters. The highest BCUT2D eigenvalue weighted by Crippen LogP contribution is 2.28. The van der Waals surface area contributed by atoms with E-state index < -0.39 is 0 Å². The Morgan fingerprint density at radius 2 is 1.95 bits per heavy atom. The predicted octanol–water partition coefficient (Wildman–Crippen LogP) is 1.90. The van der Waals surface area contributed by atoms with E-state index in [1.54, 1.807) is 12.4 Å². The van der Waals surface area contributed by atoms with E-state index in [0.717, 1.165) is 5.56 Å². The summed E-state index contributed by atoms with van der Waals surface area (Å²) in [6.07, 6.45) is 3.19. The molecule has 22 heavy (non-hydrogen) atoms. The van der Waals surface area contributed by atoms with Crippen LogP contribution in [0.3, 0.4) is 0 Å². The molecule has 2 heterocycles. The summed E-state index contributed by atoms with van der Waals surface area (Å²) in [6.45, 7) is 4.91. The van der Waals surface area contributed by atoms with Gasteiger partial charge in [0.1, 0.15) is 5.75 Å². The van der Waals surface area contributed by atoms with Gasteiger partial charge in [-0.3, -0.25) is 4.79 Å². The summed E-state index contributed by atoms with van der Waals surface area (Å²) >= 11 is 0. The lowest BCUT2D eigenvalue weighted by Gasteiger charge is -2.32. The Morgan fingerprint density at radius 1 is 1.23 bits per heavy atom. The van der Waals surface area contributed by atoms with Crippen LogP contribution in [0.4, 0.5) is 5.82 Å². The molecule has 6 nitrogen and oxygen atoms in total. The molecule has 1 saturated heterocycles. The molecule has 114 valence electrons. The zero-order valence-corrected chi connectivity index (χ0v) is 12.6. The molecule has 1 aliphatic rings. The van der Waals surface area contributed by atoms with Crippen LogP contribution in [0, 0.1) is 6.92 Å². The number of hydrogen-bond donors (Lipinski definition) is 1. The average molecular weight is 298 g/mol. The molecule has 2 aromatic rings. The molecule has 3 rings (SSSR count). The number of hydrogen-bond acceptors (Lipinski definition) is 5. The van der Waals surface area contributed by atoms with Crippen LogP contribution in [-0.2, 0) is 4.79 Å². The van der Waals surface area contributed by atoms with Crippen molar-refractivity contribution in [1.29, 1.82) is 0 Å². The number of amides is 1. The van der Waals surface area contributed by atoms with E-state index in [2.05, 4.69) is 15.3 Å². The molecule has 0 spiro atoms. The van der Waals surface area contributed by atoms with Crippen molar-refractivity contribution < 1.29 is 9.53 Å². The molecule has 0 aliphatic carbocycles. The minimum atomic E-state index is -0.0225. The fourth-order valence-corrected chi connectivity index (χ4v) is 2.42. The van der Waals surface area contributed by atoms with Crippen LogP contribution < -0.4 is 15.0 Å². The Bertz CT molecular complexity index is 672. The highest BCUT2D eigenvalue weighted by atomic mass is 16.5. The molecule has 1 aromatic heterocycles. The van der Waals surface area contributed by atoms with Gasteiger partial charge in [0, 0.05) is 25.0 Å². The number of carbonyl (C=O) groups excluding carboxylic acids is 1. The largest absolute Gasteiger partial charge is 0.436 e. The van der Waals surface area contributed by atoms with E-state index in [1.807, 2.05) is 43.0 Å². The third kappa shape index (κ3) is 3.16. The number of piperazine rings is 1. The number of benzene rings is 1. The van der Waals surface area contributed by atoms with Gasteiger partial charge in [-0.05, 0) is 26.0 Å². The summed E-state index contributed by atoms with van der Waals surface area (Å²) in [6, 6.07) is 7.79. The molecule has 0 radical (unpaired) electrons. The third-order valence-corrected chi connectivity index (χ3v) is 3.42. The summed E-state index contributed by atoms with van der Waals surface area (Å²) in [7, 11) is 0. The van der Waals surface area contributed by atoms with E-state index in [-0.39, 0.29) is 18.5 Å². The third-order valence-electron chi connectivity index (χ3n) is 3.42. The molecular weight excluding hydrogens is 280 g/mol. The van der Waals surface area contributed by atoms with E-state index in [4.69, 9.17) is 4.74 Å². The Morgan fingerprint density at radius 3 is 2.68 bits per heavy atom. The molecule has 1 aliphatic heterocycles. The van der Waals surface area contributed by atoms with Gasteiger partial charge in [-0.25, -0.2) is 9.97 Å². The van der Waals surface area contributed by atoms with Gasteiger partial charge in [0.25, 0.3) is 5.88 Å². The lowest BCUT2D eigenvalue weighted by atomic mass is 10.2. The molecule has 1 amide bonds. The molecule has 0 bridgehead atoms. The zero-order chi connectivity index (χ0) is 15.5. The Labute approximate surface area is 129 Å². The highest BCUT2D eigenvalue weighted by Gasteiger charge is 2.25. The Hall–Kier alpha value is -2.63. The van der Waals surface area contributed by atoms with Crippen molar-refractivity contribution in [2.24, 2.45) is 0 Å². The van der Waals surface area contributed by atoms with Crippen molar-refractivity contribution in [3.8, 4) is 11.6 Å². The summed E-state index contributed by atoms with van der Waals surface area (Å²) in [5.74, 6) is 1.67. The Kier molecular flexibility index (Phi) is 3.91. The number of aromatic nitrogens is 2. The van der Waals surface area contributed by atoms with Gasteiger partial charge in [0.2, 0.25) is 5.91 Å². The van der Waals surface area contributed by atoms with Crippen molar-refractivity contribution in [3.63, 3.8) is 0 Å². The number of ether oxygens (including phenoxy) is 1. The van der Waals surface area contributed by atoms with Crippen LogP contribution in [0.5, 0.6) is 11.6 Å². The van der Waals surface area contributed by atoms with Crippen LogP contribution in [0.15, 0.2) is 36.7 Å². The van der Waals surface area contributed by atoms with Crippen LogP contribution in [0.1, 0.15) is 12.5 Å². The first kappa shape index (κ1) is 14.3. The maximum absolute atomic E-state index is 11.7. The lowest BCUT2D eigenvalue weighted by Crippen LogP contribution is -2.53. The predicted molar refractivity (Wildman–Crippen MR) is 83.1 cm³/mol. The van der Waals surface area contributed by atoms with E-state index in [1.165, 1.54) is 0 Å². The van der Waals surface area contributed by atoms with Crippen LogP contribution in [0.25, 0.3) is 0 Å². The minimum Gasteiger partial charge on any atom is -0.436 e. The highest BCUT2D eigenvalue weighted by molar-refractivity contribution is 5.83. The van der Waals surface area contributed by atoms with Gasteiger partial charge in [-0.2, -0.15) is 0 Å².